The summed E-state index contributed by atoms with van der Waals surface area (Å²) in [7, 11) is 0. The third kappa shape index (κ3) is 4.91. The Bertz CT molecular complexity index is 423. The summed E-state index contributed by atoms with van der Waals surface area (Å²) in [5.74, 6) is -1.24. The van der Waals surface area contributed by atoms with Crippen LogP contribution in [0.2, 0.25) is 5.02 Å². The fourth-order valence-corrected chi connectivity index (χ4v) is 1.98. The monoisotopic (exact) mass is 313 g/mol. The molecule has 0 bridgehead atoms. The van der Waals surface area contributed by atoms with Crippen molar-refractivity contribution >= 4 is 29.1 Å². The Labute approximate surface area is 119 Å². The molecule has 7 heteroatoms. The highest BCUT2D eigenvalue weighted by atomic mass is 35.5. The van der Waals surface area contributed by atoms with E-state index < -0.39 is 24.7 Å². The highest BCUT2D eigenvalue weighted by Crippen LogP contribution is 2.20. The number of benzene rings is 1. The predicted octanol–water partition coefficient (Wildman–Crippen LogP) is 3.35. The topological polar surface area (TPSA) is 20.3 Å². The van der Waals surface area contributed by atoms with Gasteiger partial charge in [0.1, 0.15) is 5.82 Å². The molecule has 19 heavy (non-hydrogen) atoms. The van der Waals surface area contributed by atoms with Gasteiger partial charge in [-0.05, 0) is 12.1 Å². The van der Waals surface area contributed by atoms with Crippen LogP contribution in [-0.4, -0.2) is 36.2 Å². The standard InChI is InChI=1S/C12H12Cl2F3NO/c13-4-5-18(7-11(16)17)12(19)6-8-9(14)2-1-3-10(8)15/h1-3,11H,4-7H2. The van der Waals surface area contributed by atoms with Gasteiger partial charge in [0.15, 0.2) is 0 Å². The van der Waals surface area contributed by atoms with Crippen LogP contribution in [0.4, 0.5) is 13.2 Å². The highest BCUT2D eigenvalue weighted by Gasteiger charge is 2.20. The molecule has 0 aliphatic rings. The van der Waals surface area contributed by atoms with Gasteiger partial charge < -0.3 is 4.90 Å². The largest absolute Gasteiger partial charge is 0.335 e. The van der Waals surface area contributed by atoms with Gasteiger partial charge in [-0.2, -0.15) is 0 Å². The molecule has 0 saturated carbocycles. The first-order chi connectivity index (χ1) is 8.95. The third-order valence-corrected chi connectivity index (χ3v) is 2.98. The SMILES string of the molecule is O=C(Cc1c(F)cccc1Cl)N(CCCl)CC(F)F. The van der Waals surface area contributed by atoms with Crippen LogP contribution in [0.5, 0.6) is 0 Å². The summed E-state index contributed by atoms with van der Waals surface area (Å²) in [6.45, 7) is -0.742. The Morgan fingerprint density at radius 1 is 1.37 bits per heavy atom. The van der Waals surface area contributed by atoms with Crippen molar-refractivity contribution < 1.29 is 18.0 Å². The van der Waals surface area contributed by atoms with Crippen LogP contribution < -0.4 is 0 Å². The number of hydrogen-bond donors (Lipinski definition) is 0. The van der Waals surface area contributed by atoms with E-state index in [1.54, 1.807) is 0 Å². The Balaban J connectivity index is 2.81. The van der Waals surface area contributed by atoms with E-state index in [0.717, 1.165) is 11.0 Å². The van der Waals surface area contributed by atoms with E-state index in [1.165, 1.54) is 12.1 Å². The van der Waals surface area contributed by atoms with Gasteiger partial charge in [0, 0.05) is 23.0 Å². The number of hydrogen-bond acceptors (Lipinski definition) is 1. The van der Waals surface area contributed by atoms with E-state index in [0.29, 0.717) is 0 Å². The molecular formula is C12H12Cl2F3NO. The second kappa shape index (κ2) is 7.60. The smallest absolute Gasteiger partial charge is 0.255 e. The summed E-state index contributed by atoms with van der Waals surface area (Å²) in [5, 5.41) is 0.0937. The first-order valence-electron chi connectivity index (χ1n) is 5.50. The number of alkyl halides is 3. The fourth-order valence-electron chi connectivity index (χ4n) is 1.55. The van der Waals surface area contributed by atoms with E-state index in [9.17, 15) is 18.0 Å². The zero-order valence-electron chi connectivity index (χ0n) is 9.88. The molecule has 1 amide bonds. The van der Waals surface area contributed by atoms with Gasteiger partial charge in [-0.1, -0.05) is 17.7 Å². The first kappa shape index (κ1) is 16.1. The number of halogens is 5. The van der Waals surface area contributed by atoms with E-state index >= 15 is 0 Å². The van der Waals surface area contributed by atoms with Crippen molar-refractivity contribution in [2.24, 2.45) is 0 Å². The molecule has 1 rings (SSSR count). The zero-order valence-corrected chi connectivity index (χ0v) is 11.4. The van der Waals surface area contributed by atoms with Crippen LogP contribution in [0, 0.1) is 5.82 Å². The lowest BCUT2D eigenvalue weighted by atomic mass is 10.1. The van der Waals surface area contributed by atoms with E-state index in [1.807, 2.05) is 0 Å². The number of carbonyl (C=O) groups excluding carboxylic acids is 1. The minimum absolute atomic E-state index is 0.00278. The lowest BCUT2D eigenvalue weighted by molar-refractivity contribution is -0.132. The van der Waals surface area contributed by atoms with E-state index in [2.05, 4.69) is 0 Å². The zero-order chi connectivity index (χ0) is 14.4. The van der Waals surface area contributed by atoms with Crippen molar-refractivity contribution in [3.63, 3.8) is 0 Å². The molecule has 0 heterocycles. The van der Waals surface area contributed by atoms with Crippen LogP contribution >= 0.6 is 23.2 Å². The molecule has 0 spiro atoms. The minimum atomic E-state index is -2.66. The number of amides is 1. The maximum atomic E-state index is 13.5. The second-order valence-electron chi connectivity index (χ2n) is 3.80. The van der Waals surface area contributed by atoms with Crippen molar-refractivity contribution in [1.82, 2.24) is 4.90 Å². The normalized spacial score (nSPS) is 10.8. The fraction of sp³-hybridized carbons (Fsp3) is 0.417. The Hall–Kier alpha value is -0.940. The molecule has 0 N–H and O–H groups in total. The molecule has 0 atom stereocenters. The molecule has 0 radical (unpaired) electrons. The van der Waals surface area contributed by atoms with Gasteiger partial charge in [0.05, 0.1) is 13.0 Å². The van der Waals surface area contributed by atoms with Gasteiger partial charge >= 0.3 is 0 Å². The van der Waals surface area contributed by atoms with Crippen molar-refractivity contribution in [2.45, 2.75) is 12.8 Å². The van der Waals surface area contributed by atoms with E-state index in [-0.39, 0.29) is 29.4 Å². The summed E-state index contributed by atoms with van der Waals surface area (Å²) < 4.78 is 38.2. The molecule has 1 aromatic rings. The van der Waals surface area contributed by atoms with Crippen molar-refractivity contribution in [3.8, 4) is 0 Å². The van der Waals surface area contributed by atoms with E-state index in [4.69, 9.17) is 23.2 Å². The van der Waals surface area contributed by atoms with Crippen LogP contribution in [0.1, 0.15) is 5.56 Å². The molecule has 0 fully saturated rings. The predicted molar refractivity (Wildman–Crippen MR) is 68.4 cm³/mol. The van der Waals surface area contributed by atoms with Crippen molar-refractivity contribution in [1.29, 1.82) is 0 Å². The Kier molecular flexibility index (Phi) is 6.45. The molecule has 1 aromatic carbocycles. The average Bonchev–Trinajstić information content (AvgIpc) is 2.32. The number of carbonyl (C=O) groups is 1. The van der Waals surface area contributed by atoms with Gasteiger partial charge in [-0.25, -0.2) is 13.2 Å². The van der Waals surface area contributed by atoms with Gasteiger partial charge in [-0.3, -0.25) is 4.79 Å². The highest BCUT2D eigenvalue weighted by molar-refractivity contribution is 6.31. The van der Waals surface area contributed by atoms with Crippen molar-refractivity contribution in [3.05, 3.63) is 34.6 Å². The molecule has 0 aliphatic heterocycles. The van der Waals surface area contributed by atoms with Gasteiger partial charge in [0.25, 0.3) is 6.43 Å². The van der Waals surface area contributed by atoms with Crippen LogP contribution in [-0.2, 0) is 11.2 Å². The number of nitrogens with zero attached hydrogens (tertiary/aromatic N) is 1. The second-order valence-corrected chi connectivity index (χ2v) is 4.58. The summed E-state index contributed by atoms with van der Waals surface area (Å²) >= 11 is 11.2. The molecule has 0 unspecified atom stereocenters. The van der Waals surface area contributed by atoms with Crippen LogP contribution in [0.15, 0.2) is 18.2 Å². The lowest BCUT2D eigenvalue weighted by Gasteiger charge is -2.21. The maximum absolute atomic E-state index is 13.5. The molecule has 2 nitrogen and oxygen atoms in total. The first-order valence-corrected chi connectivity index (χ1v) is 6.41. The van der Waals surface area contributed by atoms with Crippen molar-refractivity contribution in [2.75, 3.05) is 19.0 Å². The molecular weight excluding hydrogens is 302 g/mol. The summed E-state index contributed by atoms with van der Waals surface area (Å²) in [4.78, 5) is 12.8. The number of rotatable bonds is 6. The average molecular weight is 314 g/mol. The quantitative estimate of drug-likeness (QED) is 0.737. The van der Waals surface area contributed by atoms with Gasteiger partial charge in [0.2, 0.25) is 5.91 Å². The van der Waals surface area contributed by atoms with Gasteiger partial charge in [-0.15, -0.1) is 11.6 Å². The Morgan fingerprint density at radius 3 is 2.58 bits per heavy atom. The molecule has 0 aliphatic carbocycles. The molecule has 0 aromatic heterocycles. The maximum Gasteiger partial charge on any atom is 0.255 e. The van der Waals surface area contributed by atoms with Crippen LogP contribution in [0.25, 0.3) is 0 Å². The molecule has 0 saturated heterocycles. The Morgan fingerprint density at radius 2 is 2.05 bits per heavy atom. The van der Waals surface area contributed by atoms with Crippen LogP contribution in [0.3, 0.4) is 0 Å². The molecule has 106 valence electrons. The summed E-state index contributed by atoms with van der Waals surface area (Å²) in [6, 6.07) is 4.00. The minimum Gasteiger partial charge on any atom is -0.335 e. The third-order valence-electron chi connectivity index (χ3n) is 2.46. The summed E-state index contributed by atoms with van der Waals surface area (Å²) in [5.41, 5.74) is 0.00278. The summed E-state index contributed by atoms with van der Waals surface area (Å²) in [6.07, 6.45) is -3.03. The lowest BCUT2D eigenvalue weighted by Crippen LogP contribution is -2.37.